The summed E-state index contributed by atoms with van der Waals surface area (Å²) >= 11 is 0. The summed E-state index contributed by atoms with van der Waals surface area (Å²) in [6.07, 6.45) is 10.5. The molecule has 0 saturated carbocycles. The average molecular weight is 670 g/mol. The van der Waals surface area contributed by atoms with Crippen LogP contribution in [0.1, 0.15) is 40.9 Å². The van der Waals surface area contributed by atoms with E-state index in [1.54, 1.807) is 0 Å². The largest absolute Gasteiger partial charge is 0.460 e. The van der Waals surface area contributed by atoms with Crippen molar-refractivity contribution in [2.24, 2.45) is 0 Å². The number of furan rings is 2. The minimum atomic E-state index is 0.574. The lowest BCUT2D eigenvalue weighted by atomic mass is 9.87. The van der Waals surface area contributed by atoms with Crippen molar-refractivity contribution in [2.45, 2.75) is 25.7 Å². The van der Waals surface area contributed by atoms with Crippen molar-refractivity contribution >= 4 is 61.4 Å². The molecule has 2 aliphatic rings. The smallest absolute Gasteiger partial charge is 0.167 e. The van der Waals surface area contributed by atoms with Crippen LogP contribution >= 0.6 is 0 Å². The summed E-state index contributed by atoms with van der Waals surface area (Å²) in [4.78, 5) is 15.7. The van der Waals surface area contributed by atoms with Crippen molar-refractivity contribution in [3.63, 3.8) is 0 Å². The number of aromatic nitrogens is 3. The molecule has 0 aliphatic heterocycles. The molecule has 0 N–H and O–H groups in total. The van der Waals surface area contributed by atoms with Crippen LogP contribution in [0.3, 0.4) is 0 Å². The molecule has 5 nitrogen and oxygen atoms in total. The predicted molar refractivity (Wildman–Crippen MR) is 211 cm³/mol. The number of hydrogen-bond donors (Lipinski definition) is 0. The summed E-state index contributed by atoms with van der Waals surface area (Å²) in [6.45, 7) is 0. The molecule has 11 rings (SSSR count). The van der Waals surface area contributed by atoms with Crippen LogP contribution in [0.25, 0.3) is 95.6 Å². The van der Waals surface area contributed by atoms with Crippen molar-refractivity contribution in [3.05, 3.63) is 155 Å². The molecule has 52 heavy (non-hydrogen) atoms. The summed E-state index contributed by atoms with van der Waals surface area (Å²) in [5, 5.41) is 5.42. The first-order valence-corrected chi connectivity index (χ1v) is 18.0. The zero-order chi connectivity index (χ0) is 34.2. The van der Waals surface area contributed by atoms with E-state index in [1.165, 1.54) is 22.1 Å². The molecule has 246 valence electrons. The number of rotatable bonds is 4. The van der Waals surface area contributed by atoms with Gasteiger partial charge in [-0.15, -0.1) is 0 Å². The monoisotopic (exact) mass is 669 g/mol. The Balaban J connectivity index is 1.17. The van der Waals surface area contributed by atoms with Gasteiger partial charge in [0.15, 0.2) is 17.5 Å². The van der Waals surface area contributed by atoms with Gasteiger partial charge in [0.05, 0.1) is 5.56 Å². The molecule has 3 heterocycles. The van der Waals surface area contributed by atoms with Crippen molar-refractivity contribution in [2.75, 3.05) is 0 Å². The fourth-order valence-corrected chi connectivity index (χ4v) is 8.13. The van der Waals surface area contributed by atoms with Crippen molar-refractivity contribution in [3.8, 4) is 34.2 Å². The molecule has 0 bridgehead atoms. The van der Waals surface area contributed by atoms with Gasteiger partial charge < -0.3 is 8.83 Å². The maximum absolute atomic E-state index is 6.74. The number of aryl methyl sites for hydroxylation is 2. The van der Waals surface area contributed by atoms with E-state index >= 15 is 0 Å². The third kappa shape index (κ3) is 4.59. The van der Waals surface area contributed by atoms with Gasteiger partial charge in [0.1, 0.15) is 22.5 Å². The number of nitrogens with zero attached hydrogens (tertiary/aromatic N) is 3. The van der Waals surface area contributed by atoms with E-state index in [9.17, 15) is 0 Å². The lowest BCUT2D eigenvalue weighted by molar-refractivity contribution is 0.547. The summed E-state index contributed by atoms with van der Waals surface area (Å²) in [5.41, 5.74) is 11.3. The van der Waals surface area contributed by atoms with Crippen LogP contribution < -0.4 is 0 Å². The average Bonchev–Trinajstić information content (AvgIpc) is 3.79. The maximum Gasteiger partial charge on any atom is 0.167 e. The molecule has 0 amide bonds. The standard InChI is InChI=1S/C47H31N3O2/c1-3-12-30-26-32(22-20-28(30)10-1)34-24-25-38(42-37-15-6-8-19-41(37)52-44(34)42)46-48-45(33-23-21-29-11-2-4-13-31(29)27-33)49-47(50-46)39-17-9-16-36-35-14-5-7-18-40(35)51-43(36)39/h1-6,8-17,19,21,23-27H,7,18,20,22H2. The molecule has 3 aromatic heterocycles. The SMILES string of the molecule is C1=Cc2c(oc3c(-c4nc(-c5ccc6ccccc6c5)nc(-c5ccc(C6=Cc7ccccc7CC6)c6oc7ccccc7c56)n4)cccc23)CC1. The van der Waals surface area contributed by atoms with Gasteiger partial charge in [-0.3, -0.25) is 0 Å². The Hall–Kier alpha value is -6.59. The number of para-hydroxylation sites is 2. The van der Waals surface area contributed by atoms with Crippen molar-refractivity contribution < 1.29 is 8.83 Å². The molecule has 9 aromatic rings. The second kappa shape index (κ2) is 11.5. The highest BCUT2D eigenvalue weighted by Gasteiger charge is 2.24. The lowest BCUT2D eigenvalue weighted by Crippen LogP contribution is -2.02. The first-order valence-electron chi connectivity index (χ1n) is 18.0. The Labute approximate surface area is 299 Å². The van der Waals surface area contributed by atoms with Crippen LogP contribution in [0.4, 0.5) is 0 Å². The van der Waals surface area contributed by atoms with Crippen molar-refractivity contribution in [1.29, 1.82) is 0 Å². The third-order valence-corrected chi connectivity index (χ3v) is 10.7. The highest BCUT2D eigenvalue weighted by atomic mass is 16.3. The molecule has 2 aliphatic carbocycles. The van der Waals surface area contributed by atoms with E-state index in [0.717, 1.165) is 97.6 Å². The molecule has 0 unspecified atom stereocenters. The Morgan fingerprint density at radius 1 is 0.538 bits per heavy atom. The predicted octanol–water partition coefficient (Wildman–Crippen LogP) is 12.1. The molecule has 0 radical (unpaired) electrons. The van der Waals surface area contributed by atoms with Gasteiger partial charge in [-0.1, -0.05) is 115 Å². The Bertz CT molecular complexity index is 2980. The van der Waals surface area contributed by atoms with Crippen LogP contribution in [-0.4, -0.2) is 15.0 Å². The van der Waals surface area contributed by atoms with E-state index in [-0.39, 0.29) is 0 Å². The van der Waals surface area contributed by atoms with E-state index in [4.69, 9.17) is 23.8 Å². The fourth-order valence-electron chi connectivity index (χ4n) is 8.13. The van der Waals surface area contributed by atoms with Gasteiger partial charge in [-0.2, -0.15) is 0 Å². The summed E-state index contributed by atoms with van der Waals surface area (Å²) in [7, 11) is 0. The molecular formula is C47H31N3O2. The van der Waals surface area contributed by atoms with E-state index in [1.807, 2.05) is 12.1 Å². The van der Waals surface area contributed by atoms with E-state index in [0.29, 0.717) is 17.5 Å². The molecule has 0 atom stereocenters. The second-order valence-electron chi connectivity index (χ2n) is 13.8. The number of allylic oxidation sites excluding steroid dienone is 2. The number of fused-ring (bicyclic) bond motifs is 8. The zero-order valence-electron chi connectivity index (χ0n) is 28.3. The first-order chi connectivity index (χ1) is 25.7. The van der Waals surface area contributed by atoms with Crippen LogP contribution in [0.2, 0.25) is 0 Å². The van der Waals surface area contributed by atoms with Crippen molar-refractivity contribution in [1.82, 2.24) is 15.0 Å². The maximum atomic E-state index is 6.74. The van der Waals surface area contributed by atoms with Gasteiger partial charge in [0, 0.05) is 44.8 Å². The topological polar surface area (TPSA) is 65.0 Å². The summed E-state index contributed by atoms with van der Waals surface area (Å²) in [5.74, 6) is 2.78. The van der Waals surface area contributed by atoms with E-state index in [2.05, 4.69) is 127 Å². The Morgan fingerprint density at radius 2 is 1.33 bits per heavy atom. The summed E-state index contributed by atoms with van der Waals surface area (Å²) in [6, 6.07) is 42.3. The normalized spacial score (nSPS) is 13.9. The highest BCUT2D eigenvalue weighted by Crippen LogP contribution is 2.43. The first kappa shape index (κ1) is 29.2. The van der Waals surface area contributed by atoms with Crippen LogP contribution in [0.5, 0.6) is 0 Å². The van der Waals surface area contributed by atoms with Crippen LogP contribution in [-0.2, 0) is 12.8 Å². The Kier molecular flexibility index (Phi) is 6.44. The van der Waals surface area contributed by atoms with Crippen LogP contribution in [0, 0.1) is 0 Å². The van der Waals surface area contributed by atoms with Gasteiger partial charge in [0.25, 0.3) is 0 Å². The van der Waals surface area contributed by atoms with Gasteiger partial charge in [-0.25, -0.2) is 15.0 Å². The zero-order valence-corrected chi connectivity index (χ0v) is 28.3. The molecule has 6 aromatic carbocycles. The van der Waals surface area contributed by atoms with Gasteiger partial charge >= 0.3 is 0 Å². The minimum Gasteiger partial charge on any atom is -0.460 e. The fraction of sp³-hybridized carbons (Fsp3) is 0.0851. The number of benzene rings is 6. The highest BCUT2D eigenvalue weighted by molar-refractivity contribution is 6.15. The molecule has 5 heteroatoms. The lowest BCUT2D eigenvalue weighted by Gasteiger charge is -2.17. The van der Waals surface area contributed by atoms with E-state index < -0.39 is 0 Å². The van der Waals surface area contributed by atoms with Crippen LogP contribution in [0.15, 0.2) is 136 Å². The second-order valence-corrected chi connectivity index (χ2v) is 13.8. The molecular weight excluding hydrogens is 639 g/mol. The van der Waals surface area contributed by atoms with Gasteiger partial charge in [-0.05, 0) is 71.0 Å². The minimum absolute atomic E-state index is 0.574. The number of hydrogen-bond acceptors (Lipinski definition) is 5. The summed E-state index contributed by atoms with van der Waals surface area (Å²) < 4.78 is 13.3. The van der Waals surface area contributed by atoms with Gasteiger partial charge in [0.2, 0.25) is 0 Å². The Morgan fingerprint density at radius 3 is 2.29 bits per heavy atom. The quantitative estimate of drug-likeness (QED) is 0.187. The molecule has 0 spiro atoms. The molecule has 0 saturated heterocycles. The molecule has 0 fully saturated rings. The third-order valence-electron chi connectivity index (χ3n) is 10.7.